The Bertz CT molecular complexity index is 993. The average molecular weight is 515 g/mol. The van der Waals surface area contributed by atoms with E-state index in [1.807, 2.05) is 0 Å². The molecule has 0 amide bonds. The Balaban J connectivity index is 2.11. The summed E-state index contributed by atoms with van der Waals surface area (Å²) in [5, 5.41) is 9.52. The molecule has 0 aromatic carbocycles. The molecule has 9 nitrogen and oxygen atoms in total. The minimum Gasteiger partial charge on any atom is -0.408 e. The Morgan fingerprint density at radius 3 is 1.91 bits per heavy atom. The van der Waals surface area contributed by atoms with Crippen LogP contribution in [0.4, 0.5) is 0 Å². The second-order valence-corrected chi connectivity index (χ2v) is 22.0. The summed E-state index contributed by atoms with van der Waals surface area (Å²) in [6.45, 7) is 21.5. The lowest BCUT2D eigenvalue weighted by molar-refractivity contribution is -0.0443. The van der Waals surface area contributed by atoms with Crippen molar-refractivity contribution in [1.29, 1.82) is 0 Å². The third kappa shape index (κ3) is 5.35. The van der Waals surface area contributed by atoms with Crippen LogP contribution in [0, 0.1) is 0 Å². The van der Waals surface area contributed by atoms with E-state index in [0.29, 0.717) is 0 Å². The maximum atomic E-state index is 12.8. The number of nitrogens with zero attached hydrogens (tertiary/aromatic N) is 1. The van der Waals surface area contributed by atoms with Crippen LogP contribution >= 0.6 is 0 Å². The SMILES string of the molecule is CC(C)(C)[Si](C)(C)OC1C(O[Si](C)(C)C(C)(C)C)[C@@H]([C@@H]2O[C@H]2CO)O[C@H]1n1ccc(=O)[nH]c1=O. The molecule has 2 aliphatic rings. The fraction of sp³-hybridized carbons (Fsp3) is 0.826. The maximum Gasteiger partial charge on any atom is 0.330 e. The Labute approximate surface area is 204 Å². The van der Waals surface area contributed by atoms with Crippen molar-refractivity contribution >= 4 is 16.6 Å². The minimum absolute atomic E-state index is 0.0627. The zero-order valence-corrected chi connectivity index (χ0v) is 24.2. The summed E-state index contributed by atoms with van der Waals surface area (Å²) in [5.74, 6) is 0. The molecule has 2 N–H and O–H groups in total. The van der Waals surface area contributed by atoms with Crippen molar-refractivity contribution in [3.63, 3.8) is 0 Å². The van der Waals surface area contributed by atoms with Crippen molar-refractivity contribution in [3.8, 4) is 0 Å². The highest BCUT2D eigenvalue weighted by atomic mass is 28.4. The Morgan fingerprint density at radius 1 is 0.941 bits per heavy atom. The molecule has 0 radical (unpaired) electrons. The van der Waals surface area contributed by atoms with E-state index in [-0.39, 0.29) is 28.9 Å². The largest absolute Gasteiger partial charge is 0.408 e. The van der Waals surface area contributed by atoms with Crippen LogP contribution in [0.15, 0.2) is 21.9 Å². The quantitative estimate of drug-likeness (QED) is 0.424. The summed E-state index contributed by atoms with van der Waals surface area (Å²) >= 11 is 0. The Hall–Kier alpha value is -1.09. The van der Waals surface area contributed by atoms with E-state index in [0.717, 1.165) is 0 Å². The highest BCUT2D eigenvalue weighted by Crippen LogP contribution is 2.48. The molecule has 6 atom stereocenters. The molecule has 1 aromatic rings. The predicted octanol–water partition coefficient (Wildman–Crippen LogP) is 2.97. The molecule has 3 heterocycles. The van der Waals surface area contributed by atoms with Gasteiger partial charge in [0.2, 0.25) is 0 Å². The number of rotatable bonds is 7. The van der Waals surface area contributed by atoms with Crippen molar-refractivity contribution in [2.75, 3.05) is 6.61 Å². The summed E-state index contributed by atoms with van der Waals surface area (Å²) in [4.78, 5) is 26.8. The number of hydrogen-bond acceptors (Lipinski definition) is 7. The van der Waals surface area contributed by atoms with Crippen LogP contribution in [0.2, 0.25) is 36.3 Å². The zero-order chi connectivity index (χ0) is 25.9. The molecule has 34 heavy (non-hydrogen) atoms. The second kappa shape index (κ2) is 9.09. The van der Waals surface area contributed by atoms with Crippen LogP contribution in [0.25, 0.3) is 0 Å². The minimum atomic E-state index is -2.33. The average Bonchev–Trinajstić information content (AvgIpc) is 3.38. The topological polar surface area (TPSA) is 115 Å². The van der Waals surface area contributed by atoms with E-state index < -0.39 is 52.4 Å². The molecule has 3 rings (SSSR count). The molecule has 0 bridgehead atoms. The summed E-state index contributed by atoms with van der Waals surface area (Å²) < 4.78 is 27.4. The van der Waals surface area contributed by atoms with Crippen LogP contribution in [0.3, 0.4) is 0 Å². The zero-order valence-electron chi connectivity index (χ0n) is 22.2. The number of ether oxygens (including phenoxy) is 2. The van der Waals surface area contributed by atoms with Crippen molar-refractivity contribution in [3.05, 3.63) is 33.1 Å². The lowest BCUT2D eigenvalue weighted by Gasteiger charge is -2.44. The van der Waals surface area contributed by atoms with Crippen LogP contribution in [0.5, 0.6) is 0 Å². The number of aliphatic hydroxyl groups excluding tert-OH is 1. The maximum absolute atomic E-state index is 12.8. The fourth-order valence-corrected chi connectivity index (χ4v) is 6.25. The van der Waals surface area contributed by atoms with Gasteiger partial charge in [-0.1, -0.05) is 41.5 Å². The Kier molecular flexibility index (Phi) is 7.35. The first-order valence-corrected chi connectivity index (χ1v) is 17.8. The van der Waals surface area contributed by atoms with Gasteiger partial charge >= 0.3 is 5.69 Å². The number of hydrogen-bond donors (Lipinski definition) is 2. The van der Waals surface area contributed by atoms with Gasteiger partial charge < -0.3 is 23.4 Å². The van der Waals surface area contributed by atoms with Gasteiger partial charge in [-0.15, -0.1) is 0 Å². The first kappa shape index (κ1) is 27.5. The van der Waals surface area contributed by atoms with Gasteiger partial charge in [-0.3, -0.25) is 14.3 Å². The van der Waals surface area contributed by atoms with Gasteiger partial charge in [0, 0.05) is 12.3 Å². The second-order valence-electron chi connectivity index (χ2n) is 12.5. The molecule has 1 aromatic heterocycles. The third-order valence-electron chi connectivity index (χ3n) is 7.95. The van der Waals surface area contributed by atoms with Gasteiger partial charge in [-0.2, -0.15) is 0 Å². The smallest absolute Gasteiger partial charge is 0.330 e. The van der Waals surface area contributed by atoms with Crippen LogP contribution < -0.4 is 11.2 Å². The molecule has 2 aliphatic heterocycles. The molecule has 0 spiro atoms. The van der Waals surface area contributed by atoms with Crippen LogP contribution in [-0.2, 0) is 18.3 Å². The van der Waals surface area contributed by atoms with Gasteiger partial charge in [0.1, 0.15) is 30.5 Å². The molecular weight excluding hydrogens is 472 g/mol. The number of nitrogens with one attached hydrogen (secondary N) is 1. The van der Waals surface area contributed by atoms with E-state index in [1.165, 1.54) is 16.8 Å². The normalized spacial score (nSPS) is 30.6. The number of aliphatic hydroxyl groups is 1. The molecule has 0 saturated carbocycles. The van der Waals surface area contributed by atoms with Gasteiger partial charge in [-0.05, 0) is 36.3 Å². The lowest BCUT2D eigenvalue weighted by Crippen LogP contribution is -2.54. The molecule has 11 heteroatoms. The third-order valence-corrected chi connectivity index (χ3v) is 16.9. The number of aromatic nitrogens is 2. The van der Waals surface area contributed by atoms with Gasteiger partial charge in [-0.25, -0.2) is 4.79 Å². The summed E-state index contributed by atoms with van der Waals surface area (Å²) in [7, 11) is -4.61. The molecule has 2 unspecified atom stereocenters. The summed E-state index contributed by atoms with van der Waals surface area (Å²) in [6, 6.07) is 1.30. The molecular formula is C23H42N2O7Si2. The number of epoxide rings is 1. The van der Waals surface area contributed by atoms with E-state index in [1.54, 1.807) is 0 Å². The number of H-pyrrole nitrogens is 1. The van der Waals surface area contributed by atoms with Gasteiger partial charge in [0.25, 0.3) is 5.56 Å². The fourth-order valence-electron chi connectivity index (χ4n) is 3.67. The van der Waals surface area contributed by atoms with Crippen LogP contribution in [-0.4, -0.2) is 68.4 Å². The van der Waals surface area contributed by atoms with Gasteiger partial charge in [0.15, 0.2) is 22.9 Å². The van der Waals surface area contributed by atoms with Crippen LogP contribution in [0.1, 0.15) is 47.8 Å². The standard InChI is InChI=1S/C23H42N2O7Si2/c1-22(2,3)33(7,8)31-18-17(16-14(13-26)29-16)30-20(25-12-11-15(27)24-21(25)28)19(18)32-34(9,10)23(4,5)6/h11-12,14,16-20,26H,13H2,1-10H3,(H,24,27,28)/t14-,16+,17+,18?,19?,20+/m0/s1. The predicted molar refractivity (Wildman–Crippen MR) is 135 cm³/mol. The van der Waals surface area contributed by atoms with Crippen molar-refractivity contribution in [2.24, 2.45) is 0 Å². The lowest BCUT2D eigenvalue weighted by atomic mass is 10.1. The molecule has 2 fully saturated rings. The number of aromatic amines is 1. The van der Waals surface area contributed by atoms with Crippen molar-refractivity contribution in [2.45, 2.75) is 115 Å². The van der Waals surface area contributed by atoms with Crippen molar-refractivity contribution < 1.29 is 23.4 Å². The first-order chi connectivity index (χ1) is 15.4. The van der Waals surface area contributed by atoms with E-state index >= 15 is 0 Å². The molecule has 0 aliphatic carbocycles. The Morgan fingerprint density at radius 2 is 1.47 bits per heavy atom. The summed E-state index contributed by atoms with van der Waals surface area (Å²) in [6.07, 6.45) is -1.67. The summed E-state index contributed by atoms with van der Waals surface area (Å²) in [5.41, 5.74) is -1.04. The van der Waals surface area contributed by atoms with E-state index in [2.05, 4.69) is 72.7 Å². The van der Waals surface area contributed by atoms with E-state index in [9.17, 15) is 14.7 Å². The van der Waals surface area contributed by atoms with Crippen molar-refractivity contribution in [1.82, 2.24) is 9.55 Å². The van der Waals surface area contributed by atoms with E-state index in [4.69, 9.17) is 18.3 Å². The highest BCUT2D eigenvalue weighted by molar-refractivity contribution is 6.74. The van der Waals surface area contributed by atoms with Gasteiger partial charge in [0.05, 0.1) is 6.61 Å². The highest BCUT2D eigenvalue weighted by Gasteiger charge is 2.60. The molecule has 2 saturated heterocycles. The monoisotopic (exact) mass is 514 g/mol. The first-order valence-electron chi connectivity index (χ1n) is 12.0. The molecule has 194 valence electrons.